The zero-order chi connectivity index (χ0) is 11.7. The van der Waals surface area contributed by atoms with Gasteiger partial charge in [-0.05, 0) is 18.2 Å². The predicted molar refractivity (Wildman–Crippen MR) is 61.1 cm³/mol. The van der Waals surface area contributed by atoms with Crippen molar-refractivity contribution in [2.45, 2.75) is 0 Å². The molecule has 2 heterocycles. The van der Waals surface area contributed by atoms with E-state index in [0.717, 1.165) is 17.4 Å². The Hall–Kier alpha value is -2.43. The van der Waals surface area contributed by atoms with Crippen molar-refractivity contribution in [3.8, 4) is 16.9 Å². The lowest BCUT2D eigenvalue weighted by atomic mass is 10.1. The van der Waals surface area contributed by atoms with Gasteiger partial charge in [-0.15, -0.1) is 0 Å². The summed E-state index contributed by atoms with van der Waals surface area (Å²) in [4.78, 5) is 0. The van der Waals surface area contributed by atoms with Crippen molar-refractivity contribution in [1.29, 1.82) is 0 Å². The zero-order valence-electron chi connectivity index (χ0n) is 8.84. The number of benzene rings is 1. The third-order valence-corrected chi connectivity index (χ3v) is 2.52. The van der Waals surface area contributed by atoms with Gasteiger partial charge >= 0.3 is 0 Å². The molecule has 0 radical (unpaired) electrons. The lowest BCUT2D eigenvalue weighted by Gasteiger charge is -2.02. The molecule has 0 amide bonds. The van der Waals surface area contributed by atoms with E-state index in [-0.39, 0.29) is 5.82 Å². The van der Waals surface area contributed by atoms with Gasteiger partial charge < -0.3 is 0 Å². The molecule has 0 aliphatic rings. The number of aromatic nitrogens is 4. The lowest BCUT2D eigenvalue weighted by Crippen LogP contribution is -1.93. The third kappa shape index (κ3) is 1.71. The first-order valence-electron chi connectivity index (χ1n) is 5.14. The number of nitrogens with zero attached hydrogens (tertiary/aromatic N) is 3. The van der Waals surface area contributed by atoms with Crippen molar-refractivity contribution >= 4 is 0 Å². The average Bonchev–Trinajstić information content (AvgIpc) is 3.00. The summed E-state index contributed by atoms with van der Waals surface area (Å²) >= 11 is 0. The van der Waals surface area contributed by atoms with Crippen LogP contribution in [-0.2, 0) is 0 Å². The Kier molecular flexibility index (Phi) is 2.22. The van der Waals surface area contributed by atoms with Crippen LogP contribution in [0.1, 0.15) is 0 Å². The van der Waals surface area contributed by atoms with E-state index < -0.39 is 0 Å². The van der Waals surface area contributed by atoms with Gasteiger partial charge in [0.15, 0.2) is 5.82 Å². The van der Waals surface area contributed by atoms with Gasteiger partial charge in [-0.2, -0.15) is 10.2 Å². The molecule has 1 N–H and O–H groups in total. The number of aromatic amines is 1. The molecule has 0 aliphatic heterocycles. The minimum atomic E-state index is -0.350. The van der Waals surface area contributed by atoms with Gasteiger partial charge in [-0.1, -0.05) is 12.1 Å². The highest BCUT2D eigenvalue weighted by Crippen LogP contribution is 2.20. The van der Waals surface area contributed by atoms with E-state index in [1.165, 1.54) is 0 Å². The highest BCUT2D eigenvalue weighted by Gasteiger charge is 2.06. The summed E-state index contributed by atoms with van der Waals surface area (Å²) < 4.78 is 15.0. The Morgan fingerprint density at radius 3 is 2.59 bits per heavy atom. The van der Waals surface area contributed by atoms with Crippen LogP contribution in [-0.4, -0.2) is 20.0 Å². The quantitative estimate of drug-likeness (QED) is 0.732. The van der Waals surface area contributed by atoms with Gasteiger partial charge in [0.25, 0.3) is 0 Å². The molecular weight excluding hydrogens is 219 g/mol. The number of hydrogen-bond acceptors (Lipinski definition) is 2. The maximum Gasteiger partial charge on any atom is 0.168 e. The lowest BCUT2D eigenvalue weighted by molar-refractivity contribution is 0.632. The van der Waals surface area contributed by atoms with Crippen LogP contribution < -0.4 is 0 Å². The van der Waals surface area contributed by atoms with Crippen LogP contribution >= 0.6 is 0 Å². The van der Waals surface area contributed by atoms with Crippen LogP contribution in [0.3, 0.4) is 0 Å². The van der Waals surface area contributed by atoms with Crippen molar-refractivity contribution in [3.05, 3.63) is 54.7 Å². The maximum atomic E-state index is 13.3. The smallest absolute Gasteiger partial charge is 0.168 e. The zero-order valence-corrected chi connectivity index (χ0v) is 8.84. The fraction of sp³-hybridized carbons (Fsp3) is 0. The highest BCUT2D eigenvalue weighted by atomic mass is 19.1. The molecular formula is C12H9FN4. The number of rotatable bonds is 2. The Morgan fingerprint density at radius 2 is 2.00 bits per heavy atom. The van der Waals surface area contributed by atoms with Crippen molar-refractivity contribution in [2.75, 3.05) is 0 Å². The van der Waals surface area contributed by atoms with Crippen molar-refractivity contribution < 1.29 is 4.39 Å². The van der Waals surface area contributed by atoms with E-state index in [1.54, 1.807) is 10.9 Å². The third-order valence-electron chi connectivity index (χ3n) is 2.52. The molecule has 4 nitrogen and oxygen atoms in total. The summed E-state index contributed by atoms with van der Waals surface area (Å²) in [5.41, 5.74) is 2.09. The second-order valence-corrected chi connectivity index (χ2v) is 3.59. The second-order valence-electron chi connectivity index (χ2n) is 3.59. The molecule has 0 saturated heterocycles. The Morgan fingerprint density at radius 1 is 1.18 bits per heavy atom. The standard InChI is InChI=1S/C12H9FN4/c13-11-8-14-16-12(11)9-2-4-10(5-3-9)17-7-1-6-15-17/h1-8H,(H,14,16). The number of nitrogens with one attached hydrogen (secondary N) is 1. The van der Waals surface area contributed by atoms with Crippen LogP contribution in [0.15, 0.2) is 48.9 Å². The molecule has 0 unspecified atom stereocenters. The first-order valence-corrected chi connectivity index (χ1v) is 5.14. The van der Waals surface area contributed by atoms with E-state index in [9.17, 15) is 4.39 Å². The van der Waals surface area contributed by atoms with Crippen molar-refractivity contribution in [1.82, 2.24) is 20.0 Å². The Bertz CT molecular complexity index is 610. The Balaban J connectivity index is 1.99. The topological polar surface area (TPSA) is 46.5 Å². The fourth-order valence-corrected chi connectivity index (χ4v) is 1.68. The second kappa shape index (κ2) is 3.86. The molecule has 1 aromatic carbocycles. The molecule has 3 aromatic rings. The van der Waals surface area contributed by atoms with Crippen LogP contribution in [0, 0.1) is 5.82 Å². The molecule has 2 aromatic heterocycles. The van der Waals surface area contributed by atoms with Gasteiger partial charge in [-0.25, -0.2) is 9.07 Å². The molecule has 5 heteroatoms. The van der Waals surface area contributed by atoms with E-state index in [4.69, 9.17) is 0 Å². The highest BCUT2D eigenvalue weighted by molar-refractivity contribution is 5.60. The average molecular weight is 228 g/mol. The van der Waals surface area contributed by atoms with Crippen LogP contribution in [0.5, 0.6) is 0 Å². The van der Waals surface area contributed by atoms with Gasteiger partial charge in [0.1, 0.15) is 5.69 Å². The van der Waals surface area contributed by atoms with E-state index in [1.807, 2.05) is 36.5 Å². The summed E-state index contributed by atoms with van der Waals surface area (Å²) in [6.45, 7) is 0. The van der Waals surface area contributed by atoms with E-state index in [0.29, 0.717) is 5.69 Å². The summed E-state index contributed by atoms with van der Waals surface area (Å²) in [5, 5.41) is 10.4. The molecule has 0 bridgehead atoms. The molecule has 17 heavy (non-hydrogen) atoms. The van der Waals surface area contributed by atoms with Gasteiger partial charge in [0.05, 0.1) is 11.9 Å². The predicted octanol–water partition coefficient (Wildman–Crippen LogP) is 2.40. The molecule has 0 atom stereocenters. The molecule has 0 spiro atoms. The summed E-state index contributed by atoms with van der Waals surface area (Å²) in [5.74, 6) is -0.350. The van der Waals surface area contributed by atoms with Crippen LogP contribution in [0.25, 0.3) is 16.9 Å². The number of H-pyrrole nitrogens is 1. The van der Waals surface area contributed by atoms with Gasteiger partial charge in [0.2, 0.25) is 0 Å². The minimum Gasteiger partial charge on any atom is -0.275 e. The SMILES string of the molecule is Fc1cn[nH]c1-c1ccc(-n2cccn2)cc1. The molecule has 0 saturated carbocycles. The fourth-order valence-electron chi connectivity index (χ4n) is 1.68. The molecule has 84 valence electrons. The minimum absolute atomic E-state index is 0.350. The maximum absolute atomic E-state index is 13.3. The summed E-state index contributed by atoms with van der Waals surface area (Å²) in [6.07, 6.45) is 4.73. The van der Waals surface area contributed by atoms with E-state index >= 15 is 0 Å². The van der Waals surface area contributed by atoms with Gasteiger partial charge in [-0.3, -0.25) is 5.10 Å². The Labute approximate surface area is 96.7 Å². The summed E-state index contributed by atoms with van der Waals surface area (Å²) in [7, 11) is 0. The first-order chi connectivity index (χ1) is 8.34. The molecule has 0 aliphatic carbocycles. The first kappa shape index (κ1) is 9.77. The van der Waals surface area contributed by atoms with E-state index in [2.05, 4.69) is 15.3 Å². The largest absolute Gasteiger partial charge is 0.275 e. The van der Waals surface area contributed by atoms with Crippen molar-refractivity contribution in [3.63, 3.8) is 0 Å². The van der Waals surface area contributed by atoms with Crippen LogP contribution in [0.2, 0.25) is 0 Å². The van der Waals surface area contributed by atoms with Crippen molar-refractivity contribution in [2.24, 2.45) is 0 Å². The number of halogens is 1. The van der Waals surface area contributed by atoms with Crippen LogP contribution in [0.4, 0.5) is 4.39 Å². The normalized spacial score (nSPS) is 10.6. The molecule has 3 rings (SSSR count). The monoisotopic (exact) mass is 228 g/mol. The number of hydrogen-bond donors (Lipinski definition) is 1. The summed E-state index contributed by atoms with van der Waals surface area (Å²) in [6, 6.07) is 9.26. The molecule has 0 fully saturated rings. The van der Waals surface area contributed by atoms with Gasteiger partial charge in [0, 0.05) is 18.0 Å².